The maximum absolute atomic E-state index is 12.6. The zero-order valence-electron chi connectivity index (χ0n) is 24.2. The average molecular weight is 591 g/mol. The van der Waals surface area contributed by atoms with E-state index in [-0.39, 0.29) is 17.3 Å². The Labute approximate surface area is 247 Å². The van der Waals surface area contributed by atoms with Gasteiger partial charge in [-0.05, 0) is 70.1 Å². The predicted molar refractivity (Wildman–Crippen MR) is 162 cm³/mol. The Bertz CT molecular complexity index is 1590. The molecule has 5 heterocycles. The van der Waals surface area contributed by atoms with Crippen molar-refractivity contribution in [3.63, 3.8) is 0 Å². The highest BCUT2D eigenvalue weighted by molar-refractivity contribution is 7.90. The molecule has 0 aromatic carbocycles. The van der Waals surface area contributed by atoms with Crippen LogP contribution in [0.15, 0.2) is 36.9 Å². The second-order valence-corrected chi connectivity index (χ2v) is 14.2. The van der Waals surface area contributed by atoms with Gasteiger partial charge in [0.25, 0.3) is 10.0 Å². The van der Waals surface area contributed by atoms with Crippen molar-refractivity contribution in [2.45, 2.75) is 50.7 Å². The molecule has 3 aromatic rings. The molecule has 12 heteroatoms. The summed E-state index contributed by atoms with van der Waals surface area (Å²) in [6.45, 7) is 6.12. The van der Waals surface area contributed by atoms with Crippen LogP contribution in [0, 0.1) is 23.2 Å². The van der Waals surface area contributed by atoms with Crippen molar-refractivity contribution in [2.24, 2.45) is 11.3 Å². The first-order valence-corrected chi connectivity index (χ1v) is 16.2. The fourth-order valence-corrected chi connectivity index (χ4v) is 6.90. The molecular formula is C30H38N8O3S. The van der Waals surface area contributed by atoms with Crippen molar-refractivity contribution < 1.29 is 13.5 Å². The number of hydrogen-bond donors (Lipinski definition) is 2. The second-order valence-electron chi connectivity index (χ2n) is 12.1. The van der Waals surface area contributed by atoms with Crippen LogP contribution in [0.2, 0.25) is 0 Å². The summed E-state index contributed by atoms with van der Waals surface area (Å²) in [5, 5.41) is 16.9. The molecule has 2 N–H and O–H groups in total. The summed E-state index contributed by atoms with van der Waals surface area (Å²) in [6, 6.07) is 3.76. The molecule has 6 rings (SSSR count). The minimum atomic E-state index is -3.46. The SMILES string of the molecule is CN1CCC(C#Cc2cnc(Nc3ccnc(-c4cnn(S(=O)(=O)C5CC5)c4)n3)cc2N2CCC(C)(CO)CC2)CC1. The lowest BCUT2D eigenvalue weighted by atomic mass is 9.81. The first-order valence-electron chi connectivity index (χ1n) is 14.7. The van der Waals surface area contributed by atoms with Crippen LogP contribution in [0.3, 0.4) is 0 Å². The number of anilines is 3. The van der Waals surface area contributed by atoms with Crippen LogP contribution in [-0.4, -0.2) is 87.6 Å². The zero-order chi connectivity index (χ0) is 29.3. The van der Waals surface area contributed by atoms with Gasteiger partial charge in [0.15, 0.2) is 5.82 Å². The molecular weight excluding hydrogens is 552 g/mol. The van der Waals surface area contributed by atoms with Crippen LogP contribution >= 0.6 is 0 Å². The van der Waals surface area contributed by atoms with Gasteiger partial charge in [-0.1, -0.05) is 18.8 Å². The highest BCUT2D eigenvalue weighted by atomic mass is 32.2. The number of aromatic nitrogens is 5. The molecule has 222 valence electrons. The molecule has 0 bridgehead atoms. The average Bonchev–Trinajstić information content (AvgIpc) is 3.75. The Balaban J connectivity index is 1.24. The number of aliphatic hydroxyl groups excluding tert-OH is 1. The highest BCUT2D eigenvalue weighted by Gasteiger charge is 2.37. The molecule has 2 saturated heterocycles. The van der Waals surface area contributed by atoms with Crippen LogP contribution in [0.25, 0.3) is 11.4 Å². The van der Waals surface area contributed by atoms with Gasteiger partial charge in [-0.25, -0.2) is 23.4 Å². The summed E-state index contributed by atoms with van der Waals surface area (Å²) in [5.41, 5.74) is 2.39. The van der Waals surface area contributed by atoms with Gasteiger partial charge < -0.3 is 20.2 Å². The third kappa shape index (κ3) is 6.28. The summed E-state index contributed by atoms with van der Waals surface area (Å²) >= 11 is 0. The van der Waals surface area contributed by atoms with Gasteiger partial charge in [-0.3, -0.25) is 0 Å². The number of pyridine rings is 1. The third-order valence-corrected chi connectivity index (χ3v) is 10.7. The van der Waals surface area contributed by atoms with E-state index in [9.17, 15) is 13.5 Å². The maximum atomic E-state index is 12.6. The Kier molecular flexibility index (Phi) is 7.91. The molecule has 42 heavy (non-hydrogen) atoms. The first kappa shape index (κ1) is 28.6. The van der Waals surface area contributed by atoms with Crippen molar-refractivity contribution in [1.29, 1.82) is 0 Å². The molecule has 11 nitrogen and oxygen atoms in total. The molecule has 3 fully saturated rings. The zero-order valence-corrected chi connectivity index (χ0v) is 25.0. The second kappa shape index (κ2) is 11.6. The van der Waals surface area contributed by atoms with Gasteiger partial charge in [0.2, 0.25) is 0 Å². The van der Waals surface area contributed by atoms with E-state index in [4.69, 9.17) is 0 Å². The number of aliphatic hydroxyl groups is 1. The molecule has 1 aliphatic carbocycles. The largest absolute Gasteiger partial charge is 0.396 e. The van der Waals surface area contributed by atoms with Gasteiger partial charge in [0.1, 0.15) is 11.6 Å². The lowest BCUT2D eigenvalue weighted by Gasteiger charge is -2.39. The number of hydrogen-bond acceptors (Lipinski definition) is 10. The van der Waals surface area contributed by atoms with Gasteiger partial charge in [0.05, 0.1) is 34.5 Å². The van der Waals surface area contributed by atoms with Crippen LogP contribution in [0.4, 0.5) is 17.3 Å². The fraction of sp³-hybridized carbons (Fsp3) is 0.533. The minimum absolute atomic E-state index is 0.0618. The van der Waals surface area contributed by atoms with Crippen molar-refractivity contribution in [2.75, 3.05) is 50.1 Å². The van der Waals surface area contributed by atoms with Gasteiger partial charge >= 0.3 is 0 Å². The number of nitrogens with zero attached hydrogens (tertiary/aromatic N) is 7. The molecule has 0 atom stereocenters. The fourth-order valence-electron chi connectivity index (χ4n) is 5.43. The molecule has 1 saturated carbocycles. The smallest absolute Gasteiger partial charge is 0.256 e. The number of nitrogens with one attached hydrogen (secondary N) is 1. The van der Waals surface area contributed by atoms with Gasteiger partial charge in [-0.15, -0.1) is 0 Å². The summed E-state index contributed by atoms with van der Waals surface area (Å²) < 4.78 is 26.1. The molecule has 3 aliphatic rings. The number of likely N-dealkylation sites (tertiary alicyclic amines) is 1. The molecule has 0 unspecified atom stereocenters. The standard InChI is InChI=1S/C30H38N8O3S/c1-30(21-39)10-15-37(16-11-30)26-17-28(32-18-23(26)4-3-22-8-13-36(2)14-9-22)34-27-7-12-31-29(35-27)24-19-33-38(20-24)42(40,41)25-5-6-25/h7,12,17-20,22,25,39H,5-6,8-11,13-16,21H2,1-2H3,(H,31,32,34,35). The molecule has 0 spiro atoms. The van der Waals surface area contributed by atoms with Crippen molar-refractivity contribution >= 4 is 27.3 Å². The van der Waals surface area contributed by atoms with Crippen LogP contribution in [-0.2, 0) is 10.0 Å². The molecule has 0 radical (unpaired) electrons. The van der Waals surface area contributed by atoms with Crippen molar-refractivity contribution in [1.82, 2.24) is 29.0 Å². The lowest BCUT2D eigenvalue weighted by Crippen LogP contribution is -2.40. The van der Waals surface area contributed by atoms with Crippen molar-refractivity contribution in [3.8, 4) is 23.2 Å². The van der Waals surface area contributed by atoms with Crippen molar-refractivity contribution in [3.05, 3.63) is 42.5 Å². The topological polar surface area (TPSA) is 129 Å². The van der Waals surface area contributed by atoms with E-state index in [2.05, 4.69) is 61.0 Å². The van der Waals surface area contributed by atoms with E-state index >= 15 is 0 Å². The van der Waals surface area contributed by atoms with Gasteiger partial charge in [0, 0.05) is 44.1 Å². The number of rotatable bonds is 7. The third-order valence-electron chi connectivity index (χ3n) is 8.64. The van der Waals surface area contributed by atoms with Crippen LogP contribution in [0.1, 0.15) is 51.0 Å². The van der Waals surface area contributed by atoms with E-state index in [1.165, 1.54) is 12.4 Å². The maximum Gasteiger partial charge on any atom is 0.256 e. The van der Waals surface area contributed by atoms with Gasteiger partial charge in [-0.2, -0.15) is 9.19 Å². The molecule has 0 amide bonds. The van der Waals surface area contributed by atoms with E-state index in [0.29, 0.717) is 41.8 Å². The Hall–Kier alpha value is -3.53. The number of piperidine rings is 2. The summed E-state index contributed by atoms with van der Waals surface area (Å²) in [4.78, 5) is 18.3. The summed E-state index contributed by atoms with van der Waals surface area (Å²) in [5.74, 6) is 8.87. The van der Waals surface area contributed by atoms with E-state index in [1.807, 2.05) is 12.3 Å². The van der Waals surface area contributed by atoms with Crippen LogP contribution in [0.5, 0.6) is 0 Å². The lowest BCUT2D eigenvalue weighted by molar-refractivity contribution is 0.115. The highest BCUT2D eigenvalue weighted by Crippen LogP contribution is 2.35. The Morgan fingerprint density at radius 1 is 1.07 bits per heavy atom. The summed E-state index contributed by atoms with van der Waals surface area (Å²) in [6.07, 6.45) is 11.7. The minimum Gasteiger partial charge on any atom is -0.396 e. The van der Waals surface area contributed by atoms with E-state index in [1.54, 1.807) is 12.3 Å². The Morgan fingerprint density at radius 3 is 2.55 bits per heavy atom. The Morgan fingerprint density at radius 2 is 1.83 bits per heavy atom. The summed E-state index contributed by atoms with van der Waals surface area (Å²) in [7, 11) is -1.31. The van der Waals surface area contributed by atoms with E-state index in [0.717, 1.165) is 67.2 Å². The van der Waals surface area contributed by atoms with Crippen LogP contribution < -0.4 is 10.2 Å². The molecule has 3 aromatic heterocycles. The monoisotopic (exact) mass is 590 g/mol. The predicted octanol–water partition coefficient (Wildman–Crippen LogP) is 3.11. The first-order chi connectivity index (χ1) is 20.2. The van der Waals surface area contributed by atoms with E-state index < -0.39 is 10.0 Å². The molecule has 2 aliphatic heterocycles. The quantitative estimate of drug-likeness (QED) is 0.396. The normalized spacial score (nSPS) is 19.7.